The van der Waals surface area contributed by atoms with Crippen molar-refractivity contribution in [2.75, 3.05) is 33.2 Å². The number of likely N-dealkylation sites (tertiary alicyclic amines) is 2. The molecular weight excluding hydrogens is 318 g/mol. The van der Waals surface area contributed by atoms with E-state index in [1.165, 1.54) is 0 Å². The number of hydrogen-bond acceptors (Lipinski definition) is 4. The molecule has 0 aromatic rings. The molecule has 144 valence electrons. The molecule has 2 amide bonds. The fourth-order valence-corrected chi connectivity index (χ4v) is 3.57. The summed E-state index contributed by atoms with van der Waals surface area (Å²) >= 11 is 0. The molecule has 2 rings (SSSR count). The lowest BCUT2D eigenvalue weighted by Crippen LogP contribution is -2.49. The zero-order chi connectivity index (χ0) is 18.8. The largest absolute Gasteiger partial charge is 0.444 e. The molecule has 0 aliphatic carbocycles. The summed E-state index contributed by atoms with van der Waals surface area (Å²) in [6.07, 6.45) is 2.79. The zero-order valence-electron chi connectivity index (χ0n) is 16.7. The highest BCUT2D eigenvalue weighted by Crippen LogP contribution is 2.22. The first-order chi connectivity index (χ1) is 11.6. The first-order valence-corrected chi connectivity index (χ1v) is 9.57. The van der Waals surface area contributed by atoms with Crippen LogP contribution in [0.3, 0.4) is 0 Å². The van der Waals surface area contributed by atoms with Gasteiger partial charge in [0, 0.05) is 39.3 Å². The minimum Gasteiger partial charge on any atom is -0.444 e. The fourth-order valence-electron chi connectivity index (χ4n) is 3.57. The molecule has 0 aromatic heterocycles. The van der Waals surface area contributed by atoms with Gasteiger partial charge in [-0.1, -0.05) is 6.92 Å². The van der Waals surface area contributed by atoms with Crippen molar-refractivity contribution in [3.8, 4) is 0 Å². The van der Waals surface area contributed by atoms with Crippen molar-refractivity contribution in [1.29, 1.82) is 0 Å². The highest BCUT2D eigenvalue weighted by molar-refractivity contribution is 5.81. The van der Waals surface area contributed by atoms with Gasteiger partial charge in [0.15, 0.2) is 0 Å². The van der Waals surface area contributed by atoms with E-state index in [2.05, 4.69) is 11.8 Å². The number of likely N-dealkylation sites (N-methyl/N-ethyl adjacent to an activating group) is 1. The standard InChI is InChI=1S/C19H35N3O3/c1-14-7-10-21(11-8-14)17(23)15(2)22-12-9-16(13-22)20(6)18(24)25-19(3,4)5/h14-16H,7-13H2,1-6H3/t15-,16+/m0/s1. The molecule has 0 saturated carbocycles. The molecule has 0 unspecified atom stereocenters. The number of amides is 2. The van der Waals surface area contributed by atoms with E-state index in [0.29, 0.717) is 0 Å². The Kier molecular flexibility index (Phi) is 6.35. The highest BCUT2D eigenvalue weighted by Gasteiger charge is 2.36. The van der Waals surface area contributed by atoms with E-state index < -0.39 is 5.60 Å². The molecule has 2 aliphatic rings. The van der Waals surface area contributed by atoms with E-state index in [0.717, 1.165) is 51.4 Å². The summed E-state index contributed by atoms with van der Waals surface area (Å²) < 4.78 is 5.45. The Balaban J connectivity index is 1.86. The molecule has 0 bridgehead atoms. The maximum absolute atomic E-state index is 12.8. The number of hydrogen-bond donors (Lipinski definition) is 0. The Hall–Kier alpha value is -1.30. The van der Waals surface area contributed by atoms with Gasteiger partial charge in [0.05, 0.1) is 6.04 Å². The summed E-state index contributed by atoms with van der Waals surface area (Å²) in [6, 6.07) is -0.0167. The highest BCUT2D eigenvalue weighted by atomic mass is 16.6. The van der Waals surface area contributed by atoms with Crippen LogP contribution in [0.2, 0.25) is 0 Å². The molecule has 6 heteroatoms. The van der Waals surface area contributed by atoms with Crippen molar-refractivity contribution in [2.45, 2.75) is 71.6 Å². The van der Waals surface area contributed by atoms with Crippen LogP contribution in [-0.4, -0.2) is 77.6 Å². The van der Waals surface area contributed by atoms with Gasteiger partial charge in [0.1, 0.15) is 5.60 Å². The van der Waals surface area contributed by atoms with Crippen molar-refractivity contribution in [3.05, 3.63) is 0 Å². The van der Waals surface area contributed by atoms with Gasteiger partial charge in [-0.05, 0) is 52.9 Å². The Labute approximate surface area is 152 Å². The monoisotopic (exact) mass is 353 g/mol. The molecule has 0 spiro atoms. The van der Waals surface area contributed by atoms with E-state index >= 15 is 0 Å². The summed E-state index contributed by atoms with van der Waals surface area (Å²) in [6.45, 7) is 13.2. The van der Waals surface area contributed by atoms with Crippen LogP contribution >= 0.6 is 0 Å². The summed E-state index contributed by atoms with van der Waals surface area (Å²) in [5.41, 5.74) is -0.488. The Bertz CT molecular complexity index is 481. The number of ether oxygens (including phenoxy) is 1. The maximum Gasteiger partial charge on any atom is 0.410 e. The molecular formula is C19H35N3O3. The van der Waals surface area contributed by atoms with E-state index in [-0.39, 0.29) is 24.1 Å². The number of rotatable bonds is 3. The Morgan fingerprint density at radius 2 is 1.72 bits per heavy atom. The van der Waals surface area contributed by atoms with Crippen molar-refractivity contribution < 1.29 is 14.3 Å². The number of carbonyl (C=O) groups excluding carboxylic acids is 2. The third kappa shape index (κ3) is 5.33. The third-order valence-electron chi connectivity index (χ3n) is 5.42. The van der Waals surface area contributed by atoms with Crippen LogP contribution in [0.4, 0.5) is 4.79 Å². The predicted octanol–water partition coefficient (Wildman–Crippen LogP) is 2.57. The van der Waals surface area contributed by atoms with Crippen molar-refractivity contribution in [3.63, 3.8) is 0 Å². The smallest absolute Gasteiger partial charge is 0.410 e. The molecule has 2 heterocycles. The molecule has 0 N–H and O–H groups in total. The average molecular weight is 354 g/mol. The van der Waals surface area contributed by atoms with Gasteiger partial charge >= 0.3 is 6.09 Å². The van der Waals surface area contributed by atoms with Crippen LogP contribution in [0.15, 0.2) is 0 Å². The van der Waals surface area contributed by atoms with Gasteiger partial charge in [-0.25, -0.2) is 4.79 Å². The summed E-state index contributed by atoms with van der Waals surface area (Å²) in [5, 5.41) is 0. The SMILES string of the molecule is CC1CCN(C(=O)[C@H](C)N2CC[C@@H](N(C)C(=O)OC(C)(C)C)C2)CC1. The first kappa shape index (κ1) is 20.0. The van der Waals surface area contributed by atoms with Gasteiger partial charge in [-0.2, -0.15) is 0 Å². The topological polar surface area (TPSA) is 53.1 Å². The zero-order valence-corrected chi connectivity index (χ0v) is 16.7. The van der Waals surface area contributed by atoms with Gasteiger partial charge in [-0.3, -0.25) is 9.69 Å². The van der Waals surface area contributed by atoms with Crippen molar-refractivity contribution >= 4 is 12.0 Å². The van der Waals surface area contributed by atoms with Crippen LogP contribution < -0.4 is 0 Å². The van der Waals surface area contributed by atoms with Crippen LogP contribution in [0.1, 0.15) is 53.9 Å². The third-order valence-corrected chi connectivity index (χ3v) is 5.42. The second-order valence-electron chi connectivity index (χ2n) is 8.71. The summed E-state index contributed by atoms with van der Waals surface area (Å²) in [5.74, 6) is 0.950. The van der Waals surface area contributed by atoms with Gasteiger partial charge in [0.25, 0.3) is 0 Å². The van der Waals surface area contributed by atoms with Crippen LogP contribution in [0.25, 0.3) is 0 Å². The molecule has 25 heavy (non-hydrogen) atoms. The molecule has 0 radical (unpaired) electrons. The number of nitrogens with zero attached hydrogens (tertiary/aromatic N) is 3. The molecule has 6 nitrogen and oxygen atoms in total. The first-order valence-electron chi connectivity index (χ1n) is 9.57. The van der Waals surface area contributed by atoms with E-state index in [9.17, 15) is 9.59 Å². The van der Waals surface area contributed by atoms with Crippen LogP contribution in [0.5, 0.6) is 0 Å². The van der Waals surface area contributed by atoms with E-state index in [4.69, 9.17) is 4.74 Å². The van der Waals surface area contributed by atoms with Gasteiger partial charge < -0.3 is 14.5 Å². The number of carbonyl (C=O) groups is 2. The van der Waals surface area contributed by atoms with E-state index in [1.54, 1.807) is 11.9 Å². The van der Waals surface area contributed by atoms with Crippen LogP contribution in [-0.2, 0) is 9.53 Å². The van der Waals surface area contributed by atoms with Crippen molar-refractivity contribution in [2.24, 2.45) is 5.92 Å². The summed E-state index contributed by atoms with van der Waals surface area (Å²) in [4.78, 5) is 30.9. The molecule has 0 aromatic carbocycles. The van der Waals surface area contributed by atoms with E-state index in [1.807, 2.05) is 32.6 Å². The maximum atomic E-state index is 12.8. The average Bonchev–Trinajstić information content (AvgIpc) is 3.01. The fraction of sp³-hybridized carbons (Fsp3) is 0.895. The second-order valence-corrected chi connectivity index (χ2v) is 8.71. The molecule has 2 fully saturated rings. The van der Waals surface area contributed by atoms with Gasteiger partial charge in [0.2, 0.25) is 5.91 Å². The van der Waals surface area contributed by atoms with Crippen molar-refractivity contribution in [1.82, 2.24) is 14.7 Å². The molecule has 2 atom stereocenters. The normalized spacial score (nSPS) is 24.2. The second kappa shape index (κ2) is 7.94. The molecule has 2 saturated heterocycles. The lowest BCUT2D eigenvalue weighted by atomic mass is 9.99. The predicted molar refractivity (Wildman–Crippen MR) is 98.4 cm³/mol. The van der Waals surface area contributed by atoms with Gasteiger partial charge in [-0.15, -0.1) is 0 Å². The lowest BCUT2D eigenvalue weighted by molar-refractivity contribution is -0.137. The lowest BCUT2D eigenvalue weighted by Gasteiger charge is -2.35. The Morgan fingerprint density at radius 1 is 1.12 bits per heavy atom. The summed E-state index contributed by atoms with van der Waals surface area (Å²) in [7, 11) is 1.79. The van der Waals surface area contributed by atoms with Crippen LogP contribution in [0, 0.1) is 5.92 Å². The Morgan fingerprint density at radius 3 is 2.28 bits per heavy atom. The molecule has 2 aliphatic heterocycles. The quantitative estimate of drug-likeness (QED) is 0.782. The number of piperidine rings is 1. The minimum absolute atomic E-state index is 0.103. The minimum atomic E-state index is -0.488.